The smallest absolute Gasteiger partial charge is 0.222 e. The fraction of sp³-hybridized carbons (Fsp3) is 0.933. The number of nitrogens with zero attached hydrogens (tertiary/aromatic N) is 1. The van der Waals surface area contributed by atoms with E-state index in [1.807, 2.05) is 0 Å². The lowest BCUT2D eigenvalue weighted by atomic mass is 10.2. The van der Waals surface area contributed by atoms with Crippen LogP contribution in [-0.2, 0) is 23.7 Å². The normalized spacial score (nSPS) is 20.1. The number of amides is 1. The second-order valence-electron chi connectivity index (χ2n) is 5.08. The molecule has 1 saturated heterocycles. The summed E-state index contributed by atoms with van der Waals surface area (Å²) in [4.78, 5) is 14.0. The maximum Gasteiger partial charge on any atom is 0.222 e. The average Bonchev–Trinajstić information content (AvgIpc) is 2.53. The van der Waals surface area contributed by atoms with Crippen LogP contribution in [0.4, 0.5) is 0 Å². The summed E-state index contributed by atoms with van der Waals surface area (Å²) >= 11 is 0. The van der Waals surface area contributed by atoms with E-state index >= 15 is 0 Å². The van der Waals surface area contributed by atoms with Crippen LogP contribution in [0.2, 0.25) is 0 Å². The van der Waals surface area contributed by atoms with Gasteiger partial charge in [0.15, 0.2) is 0 Å². The molecule has 1 rings (SSSR count). The van der Waals surface area contributed by atoms with Gasteiger partial charge >= 0.3 is 0 Å². The van der Waals surface area contributed by atoms with Crippen molar-refractivity contribution in [2.24, 2.45) is 5.73 Å². The van der Waals surface area contributed by atoms with E-state index in [1.54, 1.807) is 4.90 Å². The van der Waals surface area contributed by atoms with Crippen LogP contribution in [0.25, 0.3) is 0 Å². The van der Waals surface area contributed by atoms with Crippen LogP contribution in [0.3, 0.4) is 0 Å². The monoisotopic (exact) mass is 318 g/mol. The largest absolute Gasteiger partial charge is 0.377 e. The molecule has 0 saturated carbocycles. The summed E-state index contributed by atoms with van der Waals surface area (Å²) < 4.78 is 21.7. The second-order valence-corrected chi connectivity index (χ2v) is 5.08. The Morgan fingerprint density at radius 1 is 0.773 bits per heavy atom. The third-order valence-electron chi connectivity index (χ3n) is 3.32. The number of carbonyl (C=O) groups excluding carboxylic acids is 1. The molecule has 0 radical (unpaired) electrons. The van der Waals surface area contributed by atoms with Crippen molar-refractivity contribution in [1.29, 1.82) is 0 Å². The molecule has 130 valence electrons. The minimum atomic E-state index is 0.137. The zero-order valence-electron chi connectivity index (χ0n) is 13.5. The molecule has 0 aliphatic carbocycles. The van der Waals surface area contributed by atoms with E-state index in [9.17, 15) is 4.79 Å². The van der Waals surface area contributed by atoms with Gasteiger partial charge in [0.1, 0.15) is 0 Å². The van der Waals surface area contributed by atoms with Crippen LogP contribution >= 0.6 is 0 Å². The number of carbonyl (C=O) groups is 1. The lowest BCUT2D eigenvalue weighted by Crippen LogP contribution is -2.37. The van der Waals surface area contributed by atoms with Gasteiger partial charge in [-0.25, -0.2) is 0 Å². The Morgan fingerprint density at radius 3 is 1.68 bits per heavy atom. The van der Waals surface area contributed by atoms with Crippen molar-refractivity contribution in [3.63, 3.8) is 0 Å². The van der Waals surface area contributed by atoms with Gasteiger partial charge in [0.2, 0.25) is 5.91 Å². The Labute approximate surface area is 133 Å². The highest BCUT2D eigenvalue weighted by Gasteiger charge is 2.13. The molecular weight excluding hydrogens is 288 g/mol. The molecule has 7 heteroatoms. The molecule has 1 heterocycles. The van der Waals surface area contributed by atoms with Gasteiger partial charge in [0, 0.05) is 19.5 Å². The third kappa shape index (κ3) is 10.1. The van der Waals surface area contributed by atoms with Gasteiger partial charge < -0.3 is 29.6 Å². The SMILES string of the molecule is NCCCCC(=O)N1CCOCCOCCOCCOCC1. The van der Waals surface area contributed by atoms with Crippen LogP contribution in [0, 0.1) is 0 Å². The summed E-state index contributed by atoms with van der Waals surface area (Å²) in [7, 11) is 0. The first-order chi connectivity index (χ1) is 10.8. The predicted octanol–water partition coefficient (Wildman–Crippen LogP) is 0.0240. The number of hydrogen-bond acceptors (Lipinski definition) is 6. The molecule has 1 fully saturated rings. The minimum Gasteiger partial charge on any atom is -0.377 e. The summed E-state index contributed by atoms with van der Waals surface area (Å²) in [6.07, 6.45) is 2.24. The van der Waals surface area contributed by atoms with Gasteiger partial charge in [-0.15, -0.1) is 0 Å². The van der Waals surface area contributed by atoms with Gasteiger partial charge in [0.25, 0.3) is 0 Å². The molecule has 2 N–H and O–H groups in total. The number of ether oxygens (including phenoxy) is 4. The van der Waals surface area contributed by atoms with Gasteiger partial charge in [-0.1, -0.05) is 0 Å². The first-order valence-corrected chi connectivity index (χ1v) is 8.13. The highest BCUT2D eigenvalue weighted by Crippen LogP contribution is 2.01. The van der Waals surface area contributed by atoms with Crippen molar-refractivity contribution in [3.8, 4) is 0 Å². The molecular formula is C15H30N2O5. The molecule has 0 aromatic carbocycles. The third-order valence-corrected chi connectivity index (χ3v) is 3.32. The Bertz CT molecular complexity index is 263. The Hall–Kier alpha value is -0.730. The fourth-order valence-corrected chi connectivity index (χ4v) is 2.05. The quantitative estimate of drug-likeness (QED) is 0.736. The van der Waals surface area contributed by atoms with Gasteiger partial charge in [-0.05, 0) is 19.4 Å². The first-order valence-electron chi connectivity index (χ1n) is 8.13. The lowest BCUT2D eigenvalue weighted by molar-refractivity contribution is -0.133. The molecule has 1 aliphatic heterocycles. The van der Waals surface area contributed by atoms with E-state index in [4.69, 9.17) is 24.7 Å². The number of hydrogen-bond donors (Lipinski definition) is 1. The average molecular weight is 318 g/mol. The van der Waals surface area contributed by atoms with Crippen molar-refractivity contribution in [1.82, 2.24) is 4.90 Å². The van der Waals surface area contributed by atoms with E-state index in [2.05, 4.69) is 0 Å². The molecule has 1 aliphatic rings. The van der Waals surface area contributed by atoms with Crippen LogP contribution in [-0.4, -0.2) is 83.3 Å². The van der Waals surface area contributed by atoms with E-state index < -0.39 is 0 Å². The van der Waals surface area contributed by atoms with Crippen LogP contribution in [0.5, 0.6) is 0 Å². The minimum absolute atomic E-state index is 0.137. The van der Waals surface area contributed by atoms with Crippen LogP contribution < -0.4 is 5.73 Å². The molecule has 1 amide bonds. The van der Waals surface area contributed by atoms with E-state index in [0.717, 1.165) is 12.8 Å². The van der Waals surface area contributed by atoms with Crippen molar-refractivity contribution in [2.75, 3.05) is 72.5 Å². The molecule has 0 aromatic rings. The maximum absolute atomic E-state index is 12.2. The summed E-state index contributed by atoms with van der Waals surface area (Å²) in [6, 6.07) is 0. The molecule has 0 unspecified atom stereocenters. The predicted molar refractivity (Wildman–Crippen MR) is 82.8 cm³/mol. The summed E-state index contributed by atoms with van der Waals surface area (Å²) in [6.45, 7) is 6.11. The summed E-state index contributed by atoms with van der Waals surface area (Å²) in [5.74, 6) is 0.137. The zero-order chi connectivity index (χ0) is 15.9. The van der Waals surface area contributed by atoms with Crippen LogP contribution in [0.1, 0.15) is 19.3 Å². The topological polar surface area (TPSA) is 83.3 Å². The standard InChI is InChI=1S/C15H30N2O5/c16-4-2-1-3-15(18)17-5-7-19-9-11-21-13-14-22-12-10-20-8-6-17/h1-14,16H2. The fourth-order valence-electron chi connectivity index (χ4n) is 2.05. The molecule has 0 spiro atoms. The molecule has 0 aromatic heterocycles. The molecule has 22 heavy (non-hydrogen) atoms. The van der Waals surface area contributed by atoms with Crippen molar-refractivity contribution in [2.45, 2.75) is 19.3 Å². The second kappa shape index (κ2) is 13.9. The van der Waals surface area contributed by atoms with Gasteiger partial charge in [0.05, 0.1) is 52.9 Å². The molecule has 0 bridgehead atoms. The number of unbranched alkanes of at least 4 members (excludes halogenated alkanes) is 1. The van der Waals surface area contributed by atoms with Gasteiger partial charge in [-0.3, -0.25) is 4.79 Å². The summed E-state index contributed by atoms with van der Waals surface area (Å²) in [5.41, 5.74) is 5.46. The van der Waals surface area contributed by atoms with Crippen molar-refractivity contribution >= 4 is 5.91 Å². The molecule has 0 atom stereocenters. The first kappa shape index (κ1) is 19.3. The zero-order valence-corrected chi connectivity index (χ0v) is 13.5. The Balaban J connectivity index is 2.33. The highest BCUT2D eigenvalue weighted by molar-refractivity contribution is 5.76. The van der Waals surface area contributed by atoms with Crippen LogP contribution in [0.15, 0.2) is 0 Å². The Kier molecular flexibility index (Phi) is 12.2. The van der Waals surface area contributed by atoms with Crippen molar-refractivity contribution in [3.05, 3.63) is 0 Å². The van der Waals surface area contributed by atoms with E-state index in [1.165, 1.54) is 0 Å². The maximum atomic E-state index is 12.2. The molecule has 7 nitrogen and oxygen atoms in total. The number of rotatable bonds is 4. The summed E-state index contributed by atoms with van der Waals surface area (Å²) in [5, 5.41) is 0. The number of nitrogens with two attached hydrogens (primary N) is 1. The Morgan fingerprint density at radius 2 is 1.23 bits per heavy atom. The van der Waals surface area contributed by atoms with Crippen molar-refractivity contribution < 1.29 is 23.7 Å². The van der Waals surface area contributed by atoms with E-state index in [0.29, 0.717) is 78.9 Å². The lowest BCUT2D eigenvalue weighted by Gasteiger charge is -2.22. The highest BCUT2D eigenvalue weighted by atomic mass is 16.6. The van der Waals surface area contributed by atoms with E-state index in [-0.39, 0.29) is 5.91 Å². The van der Waals surface area contributed by atoms with Gasteiger partial charge in [-0.2, -0.15) is 0 Å².